The fraction of sp³-hybridized carbons (Fsp3) is 0.391. The molecule has 4 heterocycles. The number of imide groups is 1. The van der Waals surface area contributed by atoms with Crippen LogP contribution in [0, 0.1) is 0 Å². The van der Waals surface area contributed by atoms with Crippen molar-refractivity contribution in [3.8, 4) is 5.75 Å². The van der Waals surface area contributed by atoms with E-state index in [0.29, 0.717) is 110 Å². The average molecular weight is 954 g/mol. The number of amides is 6. The molecule has 3 aliphatic heterocycles. The number of nitrogens with one attached hydrogen (secondary N) is 5. The number of carbonyl (C=O) groups excluding carboxylic acids is 6. The number of hydrogen-bond donors (Lipinski definition) is 5. The minimum absolute atomic E-state index is 0.0235. The smallest absolute Gasteiger partial charge is 0.255 e. The molecular formula is C46H53BrN10O8. The molecule has 1 unspecified atom stereocenters. The van der Waals surface area contributed by atoms with E-state index in [1.807, 2.05) is 36.1 Å². The maximum absolute atomic E-state index is 13.3. The number of piperidine rings is 1. The first-order valence-electron chi connectivity index (χ1n) is 21.7. The van der Waals surface area contributed by atoms with Gasteiger partial charge in [0.05, 0.1) is 32.2 Å². The lowest BCUT2D eigenvalue weighted by Crippen LogP contribution is -2.52. The van der Waals surface area contributed by atoms with E-state index >= 15 is 0 Å². The Hall–Kier alpha value is -6.44. The number of aromatic nitrogens is 2. The van der Waals surface area contributed by atoms with Gasteiger partial charge < -0.3 is 45.4 Å². The van der Waals surface area contributed by atoms with Gasteiger partial charge in [0.15, 0.2) is 5.82 Å². The quantitative estimate of drug-likeness (QED) is 0.0603. The highest BCUT2D eigenvalue weighted by Crippen LogP contribution is 2.38. The number of rotatable bonds is 20. The Morgan fingerprint density at radius 3 is 2.54 bits per heavy atom. The van der Waals surface area contributed by atoms with Crippen LogP contribution in [0.1, 0.15) is 77.3 Å². The number of hydrogen-bond acceptors (Lipinski definition) is 13. The van der Waals surface area contributed by atoms with Gasteiger partial charge in [-0.3, -0.25) is 34.1 Å². The number of anilines is 5. The summed E-state index contributed by atoms with van der Waals surface area (Å²) in [5.74, 6) is -0.230. The molecule has 1 saturated heterocycles. The Balaban J connectivity index is 0.797. The Morgan fingerprint density at radius 2 is 1.77 bits per heavy atom. The van der Waals surface area contributed by atoms with Gasteiger partial charge in [0.2, 0.25) is 29.6 Å². The molecule has 18 nitrogen and oxygen atoms in total. The van der Waals surface area contributed by atoms with Crippen molar-refractivity contribution in [2.24, 2.45) is 0 Å². The SMILES string of the molecule is CC[C@@H]1C(=O)N(C)c2cnc(Nc3ccc(C(=O)NCCOCCNCCCCC(=O)Nc4cccc5c4CN(C4CCC(=O)NC4=O)C5=O)cc3OC)nc2N1Cc1ccc(Br)cc1. The summed E-state index contributed by atoms with van der Waals surface area (Å²) in [5.41, 5.74) is 4.26. The van der Waals surface area contributed by atoms with Crippen molar-refractivity contribution in [3.05, 3.63) is 93.6 Å². The van der Waals surface area contributed by atoms with E-state index in [9.17, 15) is 28.8 Å². The lowest BCUT2D eigenvalue weighted by atomic mass is 10.0. The third-order valence-electron chi connectivity index (χ3n) is 11.6. The summed E-state index contributed by atoms with van der Waals surface area (Å²) in [6.07, 6.45) is 4.39. The molecule has 342 valence electrons. The molecule has 1 fully saturated rings. The Labute approximate surface area is 385 Å². The van der Waals surface area contributed by atoms with Crippen LogP contribution in [-0.2, 0) is 37.0 Å². The molecule has 0 bridgehead atoms. The minimum atomic E-state index is -0.722. The number of nitrogens with zero attached hydrogens (tertiary/aromatic N) is 5. The number of ether oxygens (including phenoxy) is 2. The number of halogens is 1. The van der Waals surface area contributed by atoms with Crippen LogP contribution < -0.4 is 41.1 Å². The Morgan fingerprint density at radius 1 is 0.969 bits per heavy atom. The number of methoxy groups -OCH3 is 1. The van der Waals surface area contributed by atoms with Gasteiger partial charge in [-0.15, -0.1) is 0 Å². The second-order valence-electron chi connectivity index (χ2n) is 15.9. The second-order valence-corrected chi connectivity index (χ2v) is 16.8. The maximum Gasteiger partial charge on any atom is 0.255 e. The minimum Gasteiger partial charge on any atom is -0.495 e. The van der Waals surface area contributed by atoms with Gasteiger partial charge in [-0.05, 0) is 80.3 Å². The third-order valence-corrected chi connectivity index (χ3v) is 12.1. The van der Waals surface area contributed by atoms with Crippen molar-refractivity contribution in [3.63, 3.8) is 0 Å². The summed E-state index contributed by atoms with van der Waals surface area (Å²) in [5, 5.41) is 14.6. The number of unbranched alkanes of at least 4 members (excludes halogenated alkanes) is 1. The molecule has 0 radical (unpaired) electrons. The summed E-state index contributed by atoms with van der Waals surface area (Å²) >= 11 is 3.49. The molecule has 1 aromatic heterocycles. The van der Waals surface area contributed by atoms with Gasteiger partial charge in [-0.25, -0.2) is 4.98 Å². The van der Waals surface area contributed by atoms with Crippen molar-refractivity contribution >= 4 is 80.2 Å². The molecular weight excluding hydrogens is 900 g/mol. The van der Waals surface area contributed by atoms with E-state index in [1.54, 1.807) is 54.5 Å². The van der Waals surface area contributed by atoms with Gasteiger partial charge in [-0.1, -0.05) is 41.1 Å². The van der Waals surface area contributed by atoms with Gasteiger partial charge in [-0.2, -0.15) is 4.98 Å². The van der Waals surface area contributed by atoms with Gasteiger partial charge in [0, 0.05) is 72.9 Å². The zero-order chi connectivity index (χ0) is 46.0. The topological polar surface area (TPSA) is 217 Å². The monoisotopic (exact) mass is 952 g/mol. The molecule has 0 spiro atoms. The normalized spacial score (nSPS) is 16.8. The highest BCUT2D eigenvalue weighted by molar-refractivity contribution is 9.10. The molecule has 7 rings (SSSR count). The molecule has 3 aromatic carbocycles. The molecule has 6 amide bonds. The molecule has 3 aliphatic rings. The molecule has 19 heteroatoms. The summed E-state index contributed by atoms with van der Waals surface area (Å²) in [6.45, 7) is 5.01. The Kier molecular flexibility index (Phi) is 15.4. The highest BCUT2D eigenvalue weighted by atomic mass is 79.9. The van der Waals surface area contributed by atoms with Crippen LogP contribution in [0.2, 0.25) is 0 Å². The van der Waals surface area contributed by atoms with E-state index in [0.717, 1.165) is 16.5 Å². The Bertz CT molecular complexity index is 2440. The first-order valence-corrected chi connectivity index (χ1v) is 22.5. The van der Waals surface area contributed by atoms with Crippen LogP contribution in [0.15, 0.2) is 71.3 Å². The maximum atomic E-state index is 13.3. The zero-order valence-corrected chi connectivity index (χ0v) is 38.2. The summed E-state index contributed by atoms with van der Waals surface area (Å²) in [4.78, 5) is 90.6. The fourth-order valence-electron chi connectivity index (χ4n) is 8.08. The first-order chi connectivity index (χ1) is 31.4. The van der Waals surface area contributed by atoms with Crippen LogP contribution in [-0.4, -0.2) is 109 Å². The van der Waals surface area contributed by atoms with Crippen LogP contribution in [0.5, 0.6) is 5.75 Å². The van der Waals surface area contributed by atoms with Crippen LogP contribution in [0.3, 0.4) is 0 Å². The van der Waals surface area contributed by atoms with Crippen LogP contribution in [0.25, 0.3) is 0 Å². The summed E-state index contributed by atoms with van der Waals surface area (Å²) in [7, 11) is 3.25. The summed E-state index contributed by atoms with van der Waals surface area (Å²) in [6, 6.07) is 17.0. The van der Waals surface area contributed by atoms with Crippen molar-refractivity contribution in [1.82, 2.24) is 30.8 Å². The van der Waals surface area contributed by atoms with E-state index < -0.39 is 18.0 Å². The predicted molar refractivity (Wildman–Crippen MR) is 247 cm³/mol. The van der Waals surface area contributed by atoms with Crippen LogP contribution in [0.4, 0.5) is 28.8 Å². The van der Waals surface area contributed by atoms with Crippen molar-refractivity contribution in [2.75, 3.05) is 67.4 Å². The average Bonchev–Trinajstić information content (AvgIpc) is 3.64. The molecule has 0 aliphatic carbocycles. The molecule has 2 atom stereocenters. The lowest BCUT2D eigenvalue weighted by Gasteiger charge is -2.40. The van der Waals surface area contributed by atoms with E-state index in [-0.39, 0.29) is 48.9 Å². The number of carbonyl (C=O) groups is 6. The van der Waals surface area contributed by atoms with E-state index in [2.05, 4.69) is 47.5 Å². The van der Waals surface area contributed by atoms with E-state index in [1.165, 1.54) is 12.0 Å². The third kappa shape index (κ3) is 11.1. The van der Waals surface area contributed by atoms with Gasteiger partial charge >= 0.3 is 0 Å². The first kappa shape index (κ1) is 46.5. The zero-order valence-electron chi connectivity index (χ0n) is 36.6. The molecule has 65 heavy (non-hydrogen) atoms. The summed E-state index contributed by atoms with van der Waals surface area (Å²) < 4.78 is 12.3. The lowest BCUT2D eigenvalue weighted by molar-refractivity contribution is -0.137. The second kappa shape index (κ2) is 21.5. The van der Waals surface area contributed by atoms with Crippen molar-refractivity contribution in [2.45, 2.75) is 70.6 Å². The largest absolute Gasteiger partial charge is 0.495 e. The number of benzene rings is 3. The van der Waals surface area contributed by atoms with Crippen molar-refractivity contribution < 1.29 is 38.2 Å². The highest BCUT2D eigenvalue weighted by Gasteiger charge is 2.40. The van der Waals surface area contributed by atoms with Gasteiger partial charge in [0.25, 0.3) is 11.8 Å². The van der Waals surface area contributed by atoms with Gasteiger partial charge in [0.1, 0.15) is 23.5 Å². The number of fused-ring (bicyclic) bond motifs is 2. The van der Waals surface area contributed by atoms with Crippen molar-refractivity contribution in [1.29, 1.82) is 0 Å². The number of likely N-dealkylation sites (N-methyl/N-ethyl adjacent to an activating group) is 1. The van der Waals surface area contributed by atoms with Crippen LogP contribution >= 0.6 is 15.9 Å². The molecule has 5 N–H and O–H groups in total. The predicted octanol–water partition coefficient (Wildman–Crippen LogP) is 4.66. The molecule has 0 saturated carbocycles. The molecule has 4 aromatic rings. The fourth-order valence-corrected chi connectivity index (χ4v) is 8.35. The van der Waals surface area contributed by atoms with E-state index in [4.69, 9.17) is 14.5 Å². The standard InChI is InChI=1S/C46H53BrN10O8/c1-4-35-45(63)55(2)37-25-50-46(54-41(37)56(35)26-28-11-14-30(47)15-12-28)52-34-16-13-29(24-38(34)64-3)42(60)49-21-23-65-22-20-48-19-6-5-10-39(58)51-33-9-7-8-31-32(33)27-57(44(31)62)36-17-18-40(59)53-43(36)61/h7-9,11-16,24-25,35-36,48H,4-6,10,17-23,26-27H2,1-3H3,(H,49,60)(H,51,58)(H,50,52,54)(H,53,59,61)/t35-,36?/m1/s1.